The predicted octanol–water partition coefficient (Wildman–Crippen LogP) is 6.60. The number of nitrogens with zero attached hydrogens (tertiary/aromatic N) is 6. The van der Waals surface area contributed by atoms with Gasteiger partial charge in [0.25, 0.3) is 5.91 Å². The number of likely N-dealkylation sites (tertiary alicyclic amines) is 2. The minimum absolute atomic E-state index is 0.0831. The van der Waals surface area contributed by atoms with Gasteiger partial charge < -0.3 is 23.7 Å². The van der Waals surface area contributed by atoms with E-state index in [2.05, 4.69) is 45.3 Å². The maximum atomic E-state index is 14.7. The van der Waals surface area contributed by atoms with Crippen molar-refractivity contribution in [2.45, 2.75) is 110 Å². The monoisotopic (exact) mass is 716 g/mol. The average Bonchev–Trinajstić information content (AvgIpc) is 3.55. The number of morpholine rings is 1. The van der Waals surface area contributed by atoms with Gasteiger partial charge in [-0.3, -0.25) is 14.6 Å². The maximum Gasteiger partial charge on any atom is 0.410 e. The molecule has 10 nitrogen and oxygen atoms in total. The number of fused-ring (bicyclic) bond motifs is 3. The van der Waals surface area contributed by atoms with Crippen LogP contribution in [0.15, 0.2) is 36.7 Å². The van der Waals surface area contributed by atoms with Crippen LogP contribution in [0.2, 0.25) is 0 Å². The van der Waals surface area contributed by atoms with E-state index in [-0.39, 0.29) is 18.0 Å². The fourth-order valence-electron chi connectivity index (χ4n) is 9.04. The number of aromatic nitrogens is 2. The first-order valence-electron chi connectivity index (χ1n) is 19.4. The summed E-state index contributed by atoms with van der Waals surface area (Å²) in [6, 6.07) is 8.04. The summed E-state index contributed by atoms with van der Waals surface area (Å²) in [5.41, 5.74) is 3.66. The molecule has 11 heteroatoms. The summed E-state index contributed by atoms with van der Waals surface area (Å²) in [4.78, 5) is 40.4. The van der Waals surface area contributed by atoms with E-state index in [1.807, 2.05) is 45.7 Å². The molecule has 52 heavy (non-hydrogen) atoms. The zero-order valence-corrected chi connectivity index (χ0v) is 32.1. The van der Waals surface area contributed by atoms with E-state index < -0.39 is 11.4 Å². The Balaban J connectivity index is 1.03. The molecule has 0 spiro atoms. The molecule has 6 heterocycles. The largest absolute Gasteiger partial charge is 0.444 e. The Morgan fingerprint density at radius 1 is 1.06 bits per heavy atom. The summed E-state index contributed by atoms with van der Waals surface area (Å²) >= 11 is 0. The molecule has 1 aromatic carbocycles. The Morgan fingerprint density at radius 2 is 1.79 bits per heavy atom. The number of benzene rings is 1. The van der Waals surface area contributed by atoms with Gasteiger partial charge in [0, 0.05) is 68.5 Å². The van der Waals surface area contributed by atoms with Crippen molar-refractivity contribution in [1.82, 2.24) is 29.0 Å². The third kappa shape index (κ3) is 7.46. The van der Waals surface area contributed by atoms with E-state index in [0.29, 0.717) is 55.3 Å². The molecule has 4 fully saturated rings. The Hall–Kier alpha value is -3.54. The number of ether oxygens (including phenoxy) is 2. The average molecular weight is 717 g/mol. The molecule has 0 aliphatic carbocycles. The summed E-state index contributed by atoms with van der Waals surface area (Å²) in [6.07, 6.45) is 8.45. The molecule has 2 unspecified atom stereocenters. The van der Waals surface area contributed by atoms with Gasteiger partial charge in [0.1, 0.15) is 17.2 Å². The Kier molecular flexibility index (Phi) is 10.4. The van der Waals surface area contributed by atoms with Crippen LogP contribution in [-0.2, 0) is 9.47 Å². The highest BCUT2D eigenvalue weighted by Crippen LogP contribution is 2.38. The number of carbonyl (C=O) groups excluding carboxylic acids is 2. The van der Waals surface area contributed by atoms with Gasteiger partial charge in [0.15, 0.2) is 0 Å². The van der Waals surface area contributed by atoms with Gasteiger partial charge in [0.05, 0.1) is 36.5 Å². The number of hydrogen-bond acceptors (Lipinski definition) is 7. The lowest BCUT2D eigenvalue weighted by atomic mass is 9.85. The fourth-order valence-corrected chi connectivity index (χ4v) is 9.04. The molecule has 0 saturated carbocycles. The summed E-state index contributed by atoms with van der Waals surface area (Å²) < 4.78 is 28.1. The minimum Gasteiger partial charge on any atom is -0.444 e. The molecule has 4 aliphatic rings. The van der Waals surface area contributed by atoms with Crippen molar-refractivity contribution in [2.75, 3.05) is 52.5 Å². The second kappa shape index (κ2) is 14.7. The minimum atomic E-state index is -0.475. The number of amides is 2. The Labute approximate surface area is 308 Å². The Morgan fingerprint density at radius 3 is 2.46 bits per heavy atom. The van der Waals surface area contributed by atoms with Gasteiger partial charge in [-0.2, -0.15) is 0 Å². The molecular formula is C41H57FN6O4. The van der Waals surface area contributed by atoms with Gasteiger partial charge in [-0.15, -0.1) is 0 Å². The van der Waals surface area contributed by atoms with Crippen molar-refractivity contribution in [1.29, 1.82) is 0 Å². The topological polar surface area (TPSA) is 82.9 Å². The van der Waals surface area contributed by atoms with Crippen LogP contribution in [0.4, 0.5) is 9.18 Å². The van der Waals surface area contributed by atoms with Crippen LogP contribution < -0.4 is 0 Å². The number of pyridine rings is 1. The molecule has 282 valence electrons. The zero-order valence-electron chi connectivity index (χ0n) is 32.1. The van der Waals surface area contributed by atoms with E-state index in [9.17, 15) is 14.0 Å². The normalized spacial score (nSPS) is 23.8. The third-order valence-corrected chi connectivity index (χ3v) is 11.8. The lowest BCUT2D eigenvalue weighted by molar-refractivity contribution is -0.0000212. The van der Waals surface area contributed by atoms with E-state index in [0.717, 1.165) is 80.9 Å². The molecule has 3 aromatic rings. The molecule has 2 amide bonds. The smallest absolute Gasteiger partial charge is 0.410 e. The number of aryl methyl sites for hydroxylation is 1. The highest BCUT2D eigenvalue weighted by atomic mass is 19.1. The van der Waals surface area contributed by atoms with Crippen LogP contribution >= 0.6 is 0 Å². The predicted molar refractivity (Wildman–Crippen MR) is 200 cm³/mol. The molecule has 4 aliphatic heterocycles. The lowest BCUT2D eigenvalue weighted by Crippen LogP contribution is -2.56. The van der Waals surface area contributed by atoms with Crippen LogP contribution in [0.1, 0.15) is 94.9 Å². The van der Waals surface area contributed by atoms with Crippen molar-refractivity contribution < 1.29 is 23.5 Å². The highest BCUT2D eigenvalue weighted by molar-refractivity contribution is 6.03. The first kappa shape index (κ1) is 36.8. The fraction of sp³-hybridized carbons (Fsp3) is 0.634. The van der Waals surface area contributed by atoms with Crippen LogP contribution in [-0.4, -0.2) is 123 Å². The molecule has 2 bridgehead atoms. The molecule has 2 aromatic heterocycles. The molecule has 7 rings (SSSR count). The summed E-state index contributed by atoms with van der Waals surface area (Å²) in [7, 11) is 0. The van der Waals surface area contributed by atoms with Gasteiger partial charge in [-0.1, -0.05) is 19.9 Å². The number of rotatable bonds is 9. The first-order valence-corrected chi connectivity index (χ1v) is 19.4. The van der Waals surface area contributed by atoms with E-state index in [1.54, 1.807) is 11.0 Å². The van der Waals surface area contributed by atoms with Gasteiger partial charge in [0.2, 0.25) is 0 Å². The van der Waals surface area contributed by atoms with E-state index in [1.165, 1.54) is 17.7 Å². The van der Waals surface area contributed by atoms with Crippen molar-refractivity contribution in [3.05, 3.63) is 59.4 Å². The SMILES string of the molecule is Cc1ncc2c(-c3ccc(F)cc3C(=O)N3CCOC[C@H]3C)cc(C3CN([C@H](CCCN4C5CCC4CN(C(=O)OC(C)(C)C)C5)C(C)C)C3)cn12. The summed E-state index contributed by atoms with van der Waals surface area (Å²) in [6.45, 7) is 20.4. The lowest BCUT2D eigenvalue weighted by Gasteiger charge is -2.47. The molecular weight excluding hydrogens is 659 g/mol. The number of hydrogen-bond donors (Lipinski definition) is 0. The Bertz CT molecular complexity index is 1770. The van der Waals surface area contributed by atoms with Crippen molar-refractivity contribution in [2.24, 2.45) is 5.92 Å². The zero-order chi connectivity index (χ0) is 36.9. The number of imidazole rings is 1. The van der Waals surface area contributed by atoms with Crippen molar-refractivity contribution in [3.63, 3.8) is 0 Å². The third-order valence-electron chi connectivity index (χ3n) is 11.8. The van der Waals surface area contributed by atoms with Crippen molar-refractivity contribution >= 4 is 17.5 Å². The maximum absolute atomic E-state index is 14.7. The summed E-state index contributed by atoms with van der Waals surface area (Å²) in [5, 5.41) is 0. The van der Waals surface area contributed by atoms with E-state index >= 15 is 0 Å². The number of halogens is 1. The van der Waals surface area contributed by atoms with Crippen LogP contribution in [0.3, 0.4) is 0 Å². The second-order valence-corrected chi connectivity index (χ2v) is 17.0. The van der Waals surface area contributed by atoms with Crippen LogP contribution in [0, 0.1) is 18.7 Å². The highest BCUT2D eigenvalue weighted by Gasteiger charge is 2.42. The van der Waals surface area contributed by atoms with E-state index in [4.69, 9.17) is 9.47 Å². The quantitative estimate of drug-likeness (QED) is 0.247. The molecule has 0 N–H and O–H groups in total. The van der Waals surface area contributed by atoms with Gasteiger partial charge in [-0.05, 0) is 102 Å². The number of piperazine rings is 1. The van der Waals surface area contributed by atoms with Crippen LogP contribution in [0.25, 0.3) is 16.6 Å². The molecule has 4 saturated heterocycles. The van der Waals surface area contributed by atoms with Crippen molar-refractivity contribution in [3.8, 4) is 11.1 Å². The first-order chi connectivity index (χ1) is 24.8. The number of carbonyl (C=O) groups is 2. The molecule has 4 atom stereocenters. The second-order valence-electron chi connectivity index (χ2n) is 17.0. The summed E-state index contributed by atoms with van der Waals surface area (Å²) in [5.74, 6) is 1.17. The molecule has 0 radical (unpaired) electrons. The van der Waals surface area contributed by atoms with Gasteiger partial charge in [-0.25, -0.2) is 14.2 Å². The van der Waals surface area contributed by atoms with Gasteiger partial charge >= 0.3 is 6.09 Å². The standard InChI is InChI=1S/C41H57FN6O4/c1-26(2)37(9-8-14-47-32-11-12-33(47)24-45(23-32)40(50)52-41(5,6)7)44-20-30(21-44)29-17-35(38-19-43-28(4)48(38)22-29)34-13-10-31(42)18-36(34)39(49)46-15-16-51-25-27(46)3/h10,13,17-19,22,26-27,30,32-33,37H,8-9,11-12,14-16,20-21,23-25H2,1-7H3/t27-,32?,33?,37-/m1/s1. The van der Waals surface area contributed by atoms with Crippen LogP contribution in [0.5, 0.6) is 0 Å².